The largest absolute Gasteiger partial charge is 0.381 e. The van der Waals surface area contributed by atoms with Gasteiger partial charge in [-0.3, -0.25) is 0 Å². The molecule has 1 aliphatic rings. The lowest BCUT2D eigenvalue weighted by Crippen LogP contribution is -2.18. The van der Waals surface area contributed by atoms with Gasteiger partial charge in [-0.05, 0) is 18.9 Å². The van der Waals surface area contributed by atoms with Gasteiger partial charge in [0, 0.05) is 30.9 Å². The lowest BCUT2D eigenvalue weighted by molar-refractivity contribution is 0.1000. The number of hydrogen-bond acceptors (Lipinski definition) is 7. The summed E-state index contributed by atoms with van der Waals surface area (Å²) >= 11 is 1.63. The van der Waals surface area contributed by atoms with Crippen molar-refractivity contribution in [2.24, 2.45) is 0 Å². The third-order valence-corrected chi connectivity index (χ3v) is 3.97. The summed E-state index contributed by atoms with van der Waals surface area (Å²) in [5.41, 5.74) is 5.73. The second-order valence-electron chi connectivity index (χ2n) is 4.16. The molecule has 0 atom stereocenters. The average molecular weight is 278 g/mol. The van der Waals surface area contributed by atoms with Gasteiger partial charge in [-0.1, -0.05) is 11.8 Å². The van der Waals surface area contributed by atoms with Crippen LogP contribution in [0.4, 0.5) is 5.95 Å². The fraction of sp³-hybridized carbons (Fsp3) is 0.455. The minimum Gasteiger partial charge on any atom is -0.381 e. The Labute approximate surface area is 114 Å². The molecule has 2 aromatic rings. The summed E-state index contributed by atoms with van der Waals surface area (Å²) in [6.07, 6.45) is 5.46. The van der Waals surface area contributed by atoms with Crippen LogP contribution in [0, 0.1) is 0 Å². The minimum atomic E-state index is 0.218. The van der Waals surface area contributed by atoms with Gasteiger partial charge in [-0.25, -0.2) is 4.68 Å². The molecule has 3 rings (SSSR count). The molecule has 2 aromatic heterocycles. The van der Waals surface area contributed by atoms with E-state index in [1.54, 1.807) is 28.8 Å². The molecule has 2 N–H and O–H groups in total. The van der Waals surface area contributed by atoms with Crippen LogP contribution in [-0.2, 0) is 4.74 Å². The molecule has 1 saturated heterocycles. The number of hydrogen-bond donors (Lipinski definition) is 1. The maximum absolute atomic E-state index is 5.73. The number of aromatic nitrogens is 5. The zero-order valence-corrected chi connectivity index (χ0v) is 11.1. The van der Waals surface area contributed by atoms with Crippen molar-refractivity contribution in [3.05, 3.63) is 18.5 Å². The van der Waals surface area contributed by atoms with E-state index in [0.717, 1.165) is 26.1 Å². The van der Waals surface area contributed by atoms with E-state index in [4.69, 9.17) is 10.5 Å². The van der Waals surface area contributed by atoms with Crippen LogP contribution in [0.3, 0.4) is 0 Å². The number of thioether (sulfide) groups is 1. The Balaban J connectivity index is 1.81. The van der Waals surface area contributed by atoms with Gasteiger partial charge in [0.15, 0.2) is 5.16 Å². The molecule has 7 nitrogen and oxygen atoms in total. The standard InChI is InChI=1S/C11H14N6OS/c12-9-14-10(17-5-1-4-13-17)16-11(15-9)19-8-2-6-18-7-3-8/h1,4-5,8H,2-3,6-7H2,(H2,12,14,15,16). The van der Waals surface area contributed by atoms with Gasteiger partial charge < -0.3 is 10.5 Å². The Bertz CT molecular complexity index is 540. The molecule has 19 heavy (non-hydrogen) atoms. The molecule has 0 aromatic carbocycles. The van der Waals surface area contributed by atoms with Crippen molar-refractivity contribution in [1.29, 1.82) is 0 Å². The molecule has 0 radical (unpaired) electrons. The van der Waals surface area contributed by atoms with Gasteiger partial charge in [0.1, 0.15) is 0 Å². The highest BCUT2D eigenvalue weighted by atomic mass is 32.2. The molecule has 0 amide bonds. The summed E-state index contributed by atoms with van der Waals surface area (Å²) in [4.78, 5) is 12.7. The minimum absolute atomic E-state index is 0.218. The Hall–Kier alpha value is -1.67. The molecule has 0 aliphatic carbocycles. The second kappa shape index (κ2) is 5.54. The van der Waals surface area contributed by atoms with Crippen molar-refractivity contribution in [3.8, 4) is 5.95 Å². The van der Waals surface area contributed by atoms with Gasteiger partial charge in [0.25, 0.3) is 5.95 Å². The number of anilines is 1. The summed E-state index contributed by atoms with van der Waals surface area (Å²) in [7, 11) is 0. The summed E-state index contributed by atoms with van der Waals surface area (Å²) in [5, 5.41) is 5.21. The normalized spacial score (nSPS) is 16.6. The zero-order chi connectivity index (χ0) is 13.1. The highest BCUT2D eigenvalue weighted by Crippen LogP contribution is 2.27. The number of nitrogens with two attached hydrogens (primary N) is 1. The molecular weight excluding hydrogens is 264 g/mol. The van der Waals surface area contributed by atoms with Gasteiger partial charge >= 0.3 is 0 Å². The first-order chi connectivity index (χ1) is 9.31. The van der Waals surface area contributed by atoms with Gasteiger partial charge in [0.2, 0.25) is 5.95 Å². The van der Waals surface area contributed by atoms with Crippen LogP contribution >= 0.6 is 11.8 Å². The maximum atomic E-state index is 5.73. The first kappa shape index (κ1) is 12.4. The lowest BCUT2D eigenvalue weighted by atomic mass is 10.2. The van der Waals surface area contributed by atoms with E-state index in [1.165, 1.54) is 0 Å². The van der Waals surface area contributed by atoms with Crippen LogP contribution in [0.2, 0.25) is 0 Å². The van der Waals surface area contributed by atoms with E-state index >= 15 is 0 Å². The molecular formula is C11H14N6OS. The van der Waals surface area contributed by atoms with Crippen LogP contribution in [0.15, 0.2) is 23.6 Å². The number of ether oxygens (including phenoxy) is 1. The first-order valence-corrected chi connectivity index (χ1v) is 6.95. The second-order valence-corrected chi connectivity index (χ2v) is 5.42. The van der Waals surface area contributed by atoms with Gasteiger partial charge in [-0.15, -0.1) is 0 Å². The fourth-order valence-electron chi connectivity index (χ4n) is 1.85. The van der Waals surface area contributed by atoms with E-state index in [0.29, 0.717) is 16.4 Å². The molecule has 1 fully saturated rings. The third-order valence-electron chi connectivity index (χ3n) is 2.77. The molecule has 1 aliphatic heterocycles. The first-order valence-electron chi connectivity index (χ1n) is 6.07. The molecule has 0 saturated carbocycles. The van der Waals surface area contributed by atoms with E-state index in [1.807, 2.05) is 6.07 Å². The highest BCUT2D eigenvalue weighted by Gasteiger charge is 2.17. The predicted molar refractivity (Wildman–Crippen MR) is 71.1 cm³/mol. The molecule has 8 heteroatoms. The summed E-state index contributed by atoms with van der Waals surface area (Å²) in [5.74, 6) is 0.669. The van der Waals surface area contributed by atoms with Crippen molar-refractivity contribution in [2.45, 2.75) is 23.2 Å². The van der Waals surface area contributed by atoms with Gasteiger partial charge in [-0.2, -0.15) is 20.1 Å². The number of rotatable bonds is 3. The molecule has 0 spiro atoms. The Kier molecular flexibility index (Phi) is 3.60. The van der Waals surface area contributed by atoms with Crippen LogP contribution in [-0.4, -0.2) is 43.2 Å². The molecule has 0 unspecified atom stereocenters. The van der Waals surface area contributed by atoms with Crippen LogP contribution in [0.25, 0.3) is 5.95 Å². The summed E-state index contributed by atoms with van der Waals surface area (Å²) < 4.78 is 6.91. The molecule has 0 bridgehead atoms. The van der Waals surface area contributed by atoms with E-state index in [-0.39, 0.29) is 5.95 Å². The van der Waals surface area contributed by atoms with E-state index in [2.05, 4.69) is 20.1 Å². The zero-order valence-electron chi connectivity index (χ0n) is 10.3. The van der Waals surface area contributed by atoms with Crippen molar-refractivity contribution in [2.75, 3.05) is 18.9 Å². The average Bonchev–Trinajstić information content (AvgIpc) is 2.93. The summed E-state index contributed by atoms with van der Waals surface area (Å²) in [6.45, 7) is 1.59. The predicted octanol–water partition coefficient (Wildman–Crippen LogP) is 0.911. The number of nitrogens with zero attached hydrogens (tertiary/aromatic N) is 5. The third kappa shape index (κ3) is 3.02. The molecule has 100 valence electrons. The van der Waals surface area contributed by atoms with Crippen molar-refractivity contribution in [3.63, 3.8) is 0 Å². The summed E-state index contributed by atoms with van der Waals surface area (Å²) in [6, 6.07) is 1.81. The maximum Gasteiger partial charge on any atom is 0.256 e. The Morgan fingerprint density at radius 3 is 2.84 bits per heavy atom. The lowest BCUT2D eigenvalue weighted by Gasteiger charge is -2.20. The van der Waals surface area contributed by atoms with E-state index in [9.17, 15) is 0 Å². The number of nitrogen functional groups attached to an aromatic ring is 1. The quantitative estimate of drug-likeness (QED) is 0.892. The highest BCUT2D eigenvalue weighted by molar-refractivity contribution is 7.99. The molecule has 3 heterocycles. The van der Waals surface area contributed by atoms with Crippen molar-refractivity contribution in [1.82, 2.24) is 24.7 Å². The van der Waals surface area contributed by atoms with Crippen LogP contribution in [0.1, 0.15) is 12.8 Å². The Morgan fingerprint density at radius 2 is 2.11 bits per heavy atom. The van der Waals surface area contributed by atoms with Crippen molar-refractivity contribution >= 4 is 17.7 Å². The van der Waals surface area contributed by atoms with Crippen LogP contribution in [0.5, 0.6) is 0 Å². The van der Waals surface area contributed by atoms with E-state index < -0.39 is 0 Å². The van der Waals surface area contributed by atoms with Crippen molar-refractivity contribution < 1.29 is 4.74 Å². The monoisotopic (exact) mass is 278 g/mol. The SMILES string of the molecule is Nc1nc(SC2CCOCC2)nc(-n2cccn2)n1. The smallest absolute Gasteiger partial charge is 0.256 e. The Morgan fingerprint density at radius 1 is 1.26 bits per heavy atom. The fourth-order valence-corrected chi connectivity index (χ4v) is 2.85. The van der Waals surface area contributed by atoms with Gasteiger partial charge in [0.05, 0.1) is 0 Å². The van der Waals surface area contributed by atoms with Crippen LogP contribution < -0.4 is 5.73 Å². The topological polar surface area (TPSA) is 91.7 Å².